The third-order valence-electron chi connectivity index (χ3n) is 3.20. The molecule has 0 aliphatic carbocycles. The van der Waals surface area contributed by atoms with Crippen LogP contribution in [0.1, 0.15) is 20.8 Å². The molecule has 6 heteroatoms. The number of aromatic nitrogens is 2. The molecule has 0 radical (unpaired) electrons. The van der Waals surface area contributed by atoms with Gasteiger partial charge in [0.2, 0.25) is 0 Å². The summed E-state index contributed by atoms with van der Waals surface area (Å²) in [5.74, 6) is -0.184. The first-order valence-corrected chi connectivity index (χ1v) is 7.30. The van der Waals surface area contributed by atoms with E-state index in [1.54, 1.807) is 12.3 Å². The van der Waals surface area contributed by atoms with Gasteiger partial charge in [0.15, 0.2) is 0 Å². The second-order valence-electron chi connectivity index (χ2n) is 4.76. The highest BCUT2D eigenvalue weighted by atomic mass is 32.1. The molecule has 1 amide bonds. The summed E-state index contributed by atoms with van der Waals surface area (Å²) in [6.45, 7) is 2.50. The maximum Gasteiger partial charge on any atom is 0.263 e. The highest BCUT2D eigenvalue weighted by Crippen LogP contribution is 2.31. The molecular weight excluding hydrogens is 284 g/mol. The molecule has 3 N–H and O–H groups in total. The number of carbonyl (C=O) groups is 1. The number of nitrogens with zero attached hydrogens (tertiary/aromatic N) is 2. The van der Waals surface area contributed by atoms with E-state index in [-0.39, 0.29) is 5.91 Å². The zero-order chi connectivity index (χ0) is 14.8. The predicted octanol–water partition coefficient (Wildman–Crippen LogP) is 2.51. The molecule has 3 aromatic rings. The molecule has 0 unspecified atom stereocenters. The Morgan fingerprint density at radius 1 is 1.29 bits per heavy atom. The summed E-state index contributed by atoms with van der Waals surface area (Å²) < 4.78 is 0. The van der Waals surface area contributed by atoms with Crippen LogP contribution < -0.4 is 11.1 Å². The SMILES string of the molecule is Cc1ccc(CNC(=O)c2sc3nnccc3c2N)cc1. The van der Waals surface area contributed by atoms with Crippen LogP contribution >= 0.6 is 11.3 Å². The fraction of sp³-hybridized carbons (Fsp3) is 0.133. The Morgan fingerprint density at radius 3 is 2.76 bits per heavy atom. The highest BCUT2D eigenvalue weighted by Gasteiger charge is 2.16. The fourth-order valence-corrected chi connectivity index (χ4v) is 2.96. The Morgan fingerprint density at radius 2 is 2.05 bits per heavy atom. The van der Waals surface area contributed by atoms with Gasteiger partial charge in [0.05, 0.1) is 11.9 Å². The smallest absolute Gasteiger partial charge is 0.263 e. The second kappa shape index (κ2) is 5.49. The number of thiophene rings is 1. The van der Waals surface area contributed by atoms with Crippen LogP contribution in [-0.4, -0.2) is 16.1 Å². The van der Waals surface area contributed by atoms with Crippen molar-refractivity contribution < 1.29 is 4.79 Å². The number of nitrogen functional groups attached to an aromatic ring is 1. The molecule has 0 bridgehead atoms. The number of nitrogens with one attached hydrogen (secondary N) is 1. The lowest BCUT2D eigenvalue weighted by Gasteiger charge is -2.05. The third kappa shape index (κ3) is 2.71. The van der Waals surface area contributed by atoms with Crippen molar-refractivity contribution in [1.29, 1.82) is 0 Å². The summed E-state index contributed by atoms with van der Waals surface area (Å²) in [7, 11) is 0. The summed E-state index contributed by atoms with van der Waals surface area (Å²) >= 11 is 1.26. The first-order valence-electron chi connectivity index (χ1n) is 6.48. The molecule has 0 saturated carbocycles. The molecule has 0 aliphatic rings. The largest absolute Gasteiger partial charge is 0.397 e. The maximum absolute atomic E-state index is 12.2. The predicted molar refractivity (Wildman–Crippen MR) is 84.2 cm³/mol. The lowest BCUT2D eigenvalue weighted by molar-refractivity contribution is 0.0956. The topological polar surface area (TPSA) is 80.9 Å². The van der Waals surface area contributed by atoms with Crippen molar-refractivity contribution in [3.05, 3.63) is 52.5 Å². The van der Waals surface area contributed by atoms with E-state index in [1.807, 2.05) is 31.2 Å². The van der Waals surface area contributed by atoms with Crippen LogP contribution in [0.3, 0.4) is 0 Å². The van der Waals surface area contributed by atoms with E-state index in [4.69, 9.17) is 5.73 Å². The number of nitrogens with two attached hydrogens (primary N) is 1. The molecule has 3 rings (SSSR count). The lowest BCUT2D eigenvalue weighted by Crippen LogP contribution is -2.22. The quantitative estimate of drug-likeness (QED) is 0.778. The highest BCUT2D eigenvalue weighted by molar-refractivity contribution is 7.21. The van der Waals surface area contributed by atoms with Gasteiger partial charge in [-0.05, 0) is 18.6 Å². The van der Waals surface area contributed by atoms with Crippen LogP contribution in [0, 0.1) is 6.92 Å². The molecule has 2 heterocycles. The van der Waals surface area contributed by atoms with Gasteiger partial charge in [-0.3, -0.25) is 4.79 Å². The summed E-state index contributed by atoms with van der Waals surface area (Å²) in [5, 5.41) is 11.4. The average molecular weight is 298 g/mol. The van der Waals surface area contributed by atoms with Crippen molar-refractivity contribution in [3.63, 3.8) is 0 Å². The van der Waals surface area contributed by atoms with Gasteiger partial charge in [0.25, 0.3) is 5.91 Å². The van der Waals surface area contributed by atoms with E-state index in [9.17, 15) is 4.79 Å². The molecule has 5 nitrogen and oxygen atoms in total. The van der Waals surface area contributed by atoms with Crippen molar-refractivity contribution >= 4 is 33.1 Å². The molecule has 0 fully saturated rings. The number of benzene rings is 1. The standard InChI is InChI=1S/C15H14N4OS/c1-9-2-4-10(5-3-9)8-17-14(20)13-12(16)11-6-7-18-19-15(11)21-13/h2-7H,8,16H2,1H3,(H,17,20). The van der Waals surface area contributed by atoms with Crippen LogP contribution in [0.2, 0.25) is 0 Å². The molecule has 0 aliphatic heterocycles. The van der Waals surface area contributed by atoms with E-state index >= 15 is 0 Å². The Hall–Kier alpha value is -2.47. The van der Waals surface area contributed by atoms with Crippen LogP contribution in [0.4, 0.5) is 5.69 Å². The monoisotopic (exact) mass is 298 g/mol. The van der Waals surface area contributed by atoms with Gasteiger partial charge >= 0.3 is 0 Å². The minimum absolute atomic E-state index is 0.184. The van der Waals surface area contributed by atoms with Crippen LogP contribution in [0.15, 0.2) is 36.5 Å². The van der Waals surface area contributed by atoms with Gasteiger partial charge < -0.3 is 11.1 Å². The molecule has 0 atom stereocenters. The van der Waals surface area contributed by atoms with Crippen molar-refractivity contribution in [3.8, 4) is 0 Å². The van der Waals surface area contributed by atoms with E-state index < -0.39 is 0 Å². The average Bonchev–Trinajstić information content (AvgIpc) is 2.84. The molecule has 21 heavy (non-hydrogen) atoms. The third-order valence-corrected chi connectivity index (χ3v) is 4.30. The normalized spacial score (nSPS) is 10.7. The van der Waals surface area contributed by atoms with Gasteiger partial charge in [-0.2, -0.15) is 5.10 Å². The van der Waals surface area contributed by atoms with Crippen molar-refractivity contribution in [2.24, 2.45) is 0 Å². The number of amides is 1. The van der Waals surface area contributed by atoms with Crippen LogP contribution in [-0.2, 0) is 6.54 Å². The number of fused-ring (bicyclic) bond motifs is 1. The minimum Gasteiger partial charge on any atom is -0.397 e. The lowest BCUT2D eigenvalue weighted by atomic mass is 10.1. The van der Waals surface area contributed by atoms with Gasteiger partial charge in [0, 0.05) is 11.9 Å². The summed E-state index contributed by atoms with van der Waals surface area (Å²) in [5.41, 5.74) is 8.72. The molecular formula is C15H14N4OS. The minimum atomic E-state index is -0.184. The number of carbonyl (C=O) groups excluding carboxylic acids is 1. The van der Waals surface area contributed by atoms with Crippen LogP contribution in [0.5, 0.6) is 0 Å². The zero-order valence-electron chi connectivity index (χ0n) is 11.5. The van der Waals surface area contributed by atoms with Crippen molar-refractivity contribution in [2.75, 3.05) is 5.73 Å². The molecule has 0 spiro atoms. The molecule has 1 aromatic carbocycles. The first kappa shape index (κ1) is 13.5. The zero-order valence-corrected chi connectivity index (χ0v) is 12.3. The molecule has 0 saturated heterocycles. The van der Waals surface area contributed by atoms with Gasteiger partial charge in [-0.15, -0.1) is 16.4 Å². The summed E-state index contributed by atoms with van der Waals surface area (Å²) in [4.78, 5) is 13.4. The number of rotatable bonds is 3. The molecule has 106 valence electrons. The van der Waals surface area contributed by atoms with Crippen LogP contribution in [0.25, 0.3) is 10.2 Å². The maximum atomic E-state index is 12.2. The number of hydrogen-bond donors (Lipinski definition) is 2. The van der Waals surface area contributed by atoms with Gasteiger partial charge in [0.1, 0.15) is 9.71 Å². The first-order chi connectivity index (χ1) is 10.1. The van der Waals surface area contributed by atoms with E-state index in [0.29, 0.717) is 21.9 Å². The number of aryl methyl sites for hydroxylation is 1. The second-order valence-corrected chi connectivity index (χ2v) is 5.76. The Balaban J connectivity index is 1.78. The van der Waals surface area contributed by atoms with Crippen molar-refractivity contribution in [1.82, 2.24) is 15.5 Å². The van der Waals surface area contributed by atoms with Gasteiger partial charge in [-0.1, -0.05) is 29.8 Å². The Labute approximate surface area is 125 Å². The summed E-state index contributed by atoms with van der Waals surface area (Å²) in [6, 6.07) is 9.80. The van der Waals surface area contributed by atoms with Gasteiger partial charge in [-0.25, -0.2) is 0 Å². The van der Waals surface area contributed by atoms with Crippen molar-refractivity contribution in [2.45, 2.75) is 13.5 Å². The Kier molecular flexibility index (Phi) is 3.53. The van der Waals surface area contributed by atoms with E-state index in [2.05, 4.69) is 15.5 Å². The Bertz CT molecular complexity index is 795. The number of hydrogen-bond acceptors (Lipinski definition) is 5. The van der Waals surface area contributed by atoms with E-state index in [0.717, 1.165) is 10.9 Å². The fourth-order valence-electron chi connectivity index (χ4n) is 2.01. The molecule has 2 aromatic heterocycles. The summed E-state index contributed by atoms with van der Waals surface area (Å²) in [6.07, 6.45) is 1.57. The van der Waals surface area contributed by atoms with E-state index in [1.165, 1.54) is 16.9 Å². The number of anilines is 1.